The Kier molecular flexibility index (Phi) is 2.37. The van der Waals surface area contributed by atoms with Gasteiger partial charge in [0.2, 0.25) is 0 Å². The second kappa shape index (κ2) is 3.09. The van der Waals surface area contributed by atoms with Gasteiger partial charge in [0.25, 0.3) is 0 Å². The fourth-order valence-corrected chi connectivity index (χ4v) is 1.54. The summed E-state index contributed by atoms with van der Waals surface area (Å²) in [7, 11) is 0. The highest BCUT2D eigenvalue weighted by Crippen LogP contribution is 2.19. The molecule has 1 aromatic rings. The van der Waals surface area contributed by atoms with E-state index < -0.39 is 6.10 Å². The maximum atomic E-state index is 9.24. The molecule has 0 aliphatic rings. The lowest BCUT2D eigenvalue weighted by Crippen LogP contribution is -2.10. The molecule has 0 saturated heterocycles. The van der Waals surface area contributed by atoms with Crippen LogP contribution in [0.5, 0.6) is 0 Å². The van der Waals surface area contributed by atoms with E-state index in [2.05, 4.69) is 4.98 Å². The number of hydrogen-bond donors (Lipinski definition) is 2. The number of rotatable bonds is 2. The molecule has 10 heavy (non-hydrogen) atoms. The molecule has 0 bridgehead atoms. The van der Waals surface area contributed by atoms with Gasteiger partial charge < -0.3 is 10.8 Å². The van der Waals surface area contributed by atoms with Crippen molar-refractivity contribution in [3.05, 3.63) is 16.1 Å². The maximum Gasteiger partial charge on any atom is 0.102 e. The predicted octanol–water partition coefficient (Wildman–Crippen LogP) is 0.444. The highest BCUT2D eigenvalue weighted by Gasteiger charge is 2.09. The average molecular weight is 158 g/mol. The molecule has 0 amide bonds. The lowest BCUT2D eigenvalue weighted by molar-refractivity contribution is 0.189. The molecule has 1 aromatic heterocycles. The van der Waals surface area contributed by atoms with Crippen molar-refractivity contribution in [1.29, 1.82) is 0 Å². The number of hydrogen-bond acceptors (Lipinski definition) is 4. The summed E-state index contributed by atoms with van der Waals surface area (Å²) in [6.07, 6.45) is -0.535. The summed E-state index contributed by atoms with van der Waals surface area (Å²) in [6.45, 7) is 2.13. The Morgan fingerprint density at radius 3 is 3.00 bits per heavy atom. The number of aromatic nitrogens is 1. The van der Waals surface area contributed by atoms with Crippen LogP contribution < -0.4 is 5.73 Å². The third-order valence-electron chi connectivity index (χ3n) is 1.31. The van der Waals surface area contributed by atoms with Crippen LogP contribution in [-0.2, 0) is 0 Å². The zero-order valence-electron chi connectivity index (χ0n) is 5.74. The monoisotopic (exact) mass is 158 g/mol. The second-order valence-electron chi connectivity index (χ2n) is 2.05. The zero-order valence-corrected chi connectivity index (χ0v) is 6.56. The summed E-state index contributed by atoms with van der Waals surface area (Å²) < 4.78 is 0. The largest absolute Gasteiger partial charge is 0.386 e. The van der Waals surface area contributed by atoms with E-state index in [-0.39, 0.29) is 6.54 Å². The van der Waals surface area contributed by atoms with Crippen molar-refractivity contribution in [2.24, 2.45) is 5.73 Å². The molecular formula is C6H10N2OS. The van der Waals surface area contributed by atoms with Gasteiger partial charge in [-0.25, -0.2) is 4.98 Å². The van der Waals surface area contributed by atoms with E-state index in [0.29, 0.717) is 0 Å². The third-order valence-corrected chi connectivity index (χ3v) is 2.34. The van der Waals surface area contributed by atoms with Gasteiger partial charge in [0.1, 0.15) is 6.10 Å². The van der Waals surface area contributed by atoms with Gasteiger partial charge in [-0.05, 0) is 6.92 Å². The minimum absolute atomic E-state index is 0.267. The Balaban J connectivity index is 2.82. The van der Waals surface area contributed by atoms with Crippen molar-refractivity contribution >= 4 is 11.3 Å². The highest BCUT2D eigenvalue weighted by atomic mass is 32.1. The molecule has 0 radical (unpaired) electrons. The first-order valence-electron chi connectivity index (χ1n) is 3.04. The third kappa shape index (κ3) is 1.34. The molecule has 0 fully saturated rings. The predicted molar refractivity (Wildman–Crippen MR) is 40.9 cm³/mol. The SMILES string of the molecule is Cc1ncsc1[C@H](O)CN. The van der Waals surface area contributed by atoms with Gasteiger partial charge >= 0.3 is 0 Å². The van der Waals surface area contributed by atoms with Gasteiger partial charge in [-0.1, -0.05) is 0 Å². The van der Waals surface area contributed by atoms with Crippen LogP contribution in [0, 0.1) is 6.92 Å². The van der Waals surface area contributed by atoms with Gasteiger partial charge in [-0.15, -0.1) is 11.3 Å². The fourth-order valence-electron chi connectivity index (χ4n) is 0.738. The highest BCUT2D eigenvalue weighted by molar-refractivity contribution is 7.09. The lowest BCUT2D eigenvalue weighted by atomic mass is 10.2. The standard InChI is InChI=1S/C6H10N2OS/c1-4-6(5(9)2-7)10-3-8-4/h3,5,9H,2,7H2,1H3/t5-/m1/s1. The summed E-state index contributed by atoms with van der Waals surface area (Å²) in [4.78, 5) is 4.87. The molecule has 1 atom stereocenters. The molecule has 0 spiro atoms. The Morgan fingerprint density at radius 2 is 2.60 bits per heavy atom. The van der Waals surface area contributed by atoms with Crippen molar-refractivity contribution in [2.45, 2.75) is 13.0 Å². The van der Waals surface area contributed by atoms with Crippen LogP contribution in [0.3, 0.4) is 0 Å². The molecular weight excluding hydrogens is 148 g/mol. The molecule has 0 saturated carbocycles. The molecule has 4 heteroatoms. The van der Waals surface area contributed by atoms with Crippen LogP contribution in [-0.4, -0.2) is 16.6 Å². The second-order valence-corrected chi connectivity index (χ2v) is 2.94. The van der Waals surface area contributed by atoms with Crippen molar-refractivity contribution in [3.63, 3.8) is 0 Å². The zero-order chi connectivity index (χ0) is 7.56. The molecule has 3 nitrogen and oxygen atoms in total. The minimum Gasteiger partial charge on any atom is -0.386 e. The Labute approximate surface area is 63.5 Å². The lowest BCUT2D eigenvalue weighted by Gasteiger charge is -2.03. The maximum absolute atomic E-state index is 9.24. The van der Waals surface area contributed by atoms with Crippen LogP contribution in [0.4, 0.5) is 0 Å². The van der Waals surface area contributed by atoms with Crippen molar-refractivity contribution in [2.75, 3.05) is 6.54 Å². The van der Waals surface area contributed by atoms with Gasteiger partial charge in [0, 0.05) is 6.54 Å². The Bertz CT molecular complexity index is 211. The van der Waals surface area contributed by atoms with E-state index in [1.165, 1.54) is 11.3 Å². The van der Waals surface area contributed by atoms with E-state index in [1.54, 1.807) is 5.51 Å². The van der Waals surface area contributed by atoms with Gasteiger partial charge in [0.05, 0.1) is 16.1 Å². The summed E-state index contributed by atoms with van der Waals surface area (Å²) in [5.41, 5.74) is 7.85. The summed E-state index contributed by atoms with van der Waals surface area (Å²) in [5, 5.41) is 9.24. The van der Waals surface area contributed by atoms with Crippen molar-refractivity contribution in [1.82, 2.24) is 4.98 Å². The molecule has 3 N–H and O–H groups in total. The van der Waals surface area contributed by atoms with Gasteiger partial charge in [-0.3, -0.25) is 0 Å². The topological polar surface area (TPSA) is 59.1 Å². The number of nitrogens with zero attached hydrogens (tertiary/aromatic N) is 1. The quantitative estimate of drug-likeness (QED) is 0.656. The van der Waals surface area contributed by atoms with Crippen LogP contribution in [0.1, 0.15) is 16.7 Å². The Morgan fingerprint density at radius 1 is 1.90 bits per heavy atom. The molecule has 56 valence electrons. The Hall–Kier alpha value is -0.450. The first-order valence-corrected chi connectivity index (χ1v) is 3.91. The fraction of sp³-hybridized carbons (Fsp3) is 0.500. The van der Waals surface area contributed by atoms with Gasteiger partial charge in [0.15, 0.2) is 0 Å². The average Bonchev–Trinajstić information content (AvgIpc) is 2.34. The van der Waals surface area contributed by atoms with E-state index in [4.69, 9.17) is 5.73 Å². The van der Waals surface area contributed by atoms with Gasteiger partial charge in [-0.2, -0.15) is 0 Å². The molecule has 0 unspecified atom stereocenters. The van der Waals surface area contributed by atoms with E-state index >= 15 is 0 Å². The summed E-state index contributed by atoms with van der Waals surface area (Å²) in [5.74, 6) is 0. The first-order chi connectivity index (χ1) is 4.75. The first kappa shape index (κ1) is 7.65. The van der Waals surface area contributed by atoms with Crippen LogP contribution in [0.2, 0.25) is 0 Å². The summed E-state index contributed by atoms with van der Waals surface area (Å²) >= 11 is 1.44. The molecule has 0 aliphatic carbocycles. The number of aryl methyl sites for hydroxylation is 1. The van der Waals surface area contributed by atoms with Crippen LogP contribution in [0.15, 0.2) is 5.51 Å². The number of nitrogens with two attached hydrogens (primary N) is 1. The van der Waals surface area contributed by atoms with Crippen molar-refractivity contribution < 1.29 is 5.11 Å². The van der Waals surface area contributed by atoms with Crippen molar-refractivity contribution in [3.8, 4) is 0 Å². The number of aliphatic hydroxyl groups excluding tert-OH is 1. The molecule has 0 aliphatic heterocycles. The molecule has 1 rings (SSSR count). The van der Waals surface area contributed by atoms with Crippen LogP contribution >= 0.6 is 11.3 Å². The molecule has 0 aromatic carbocycles. The number of thiazole rings is 1. The van der Waals surface area contributed by atoms with E-state index in [0.717, 1.165) is 10.6 Å². The summed E-state index contributed by atoms with van der Waals surface area (Å²) in [6, 6.07) is 0. The minimum atomic E-state index is -0.535. The van der Waals surface area contributed by atoms with E-state index in [9.17, 15) is 5.11 Å². The molecule has 1 heterocycles. The smallest absolute Gasteiger partial charge is 0.102 e. The van der Waals surface area contributed by atoms with Crippen LogP contribution in [0.25, 0.3) is 0 Å². The number of aliphatic hydroxyl groups is 1. The normalized spacial score (nSPS) is 13.5. The van der Waals surface area contributed by atoms with E-state index in [1.807, 2.05) is 6.92 Å².